The van der Waals surface area contributed by atoms with E-state index in [4.69, 9.17) is 6.57 Å². The second-order valence-corrected chi connectivity index (χ2v) is 7.62. The minimum atomic E-state index is -4.55. The Hall–Kier alpha value is -4.26. The molecule has 1 atom stereocenters. The van der Waals surface area contributed by atoms with E-state index in [9.17, 15) is 18.0 Å². The minimum Gasteiger partial charge on any atom is -0.348 e. The van der Waals surface area contributed by atoms with Crippen LogP contribution in [0.2, 0.25) is 0 Å². The van der Waals surface area contributed by atoms with Crippen LogP contribution in [0, 0.1) is 6.57 Å². The summed E-state index contributed by atoms with van der Waals surface area (Å²) in [7, 11) is 0. The maximum Gasteiger partial charge on any atom is 0.417 e. The number of H-pyrrole nitrogens is 1. The van der Waals surface area contributed by atoms with Gasteiger partial charge in [0, 0.05) is 41.5 Å². The number of hydrogen-bond donors (Lipinski definition) is 2. The number of nitrogens with one attached hydrogen (secondary N) is 2. The Morgan fingerprint density at radius 3 is 2.59 bits per heavy atom. The van der Waals surface area contributed by atoms with Crippen LogP contribution in [-0.2, 0) is 6.18 Å². The lowest BCUT2D eigenvalue weighted by molar-refractivity contribution is -0.137. The maximum atomic E-state index is 13.2. The number of fused-ring (bicyclic) bond motifs is 1. The number of rotatable bonds is 6. The summed E-state index contributed by atoms with van der Waals surface area (Å²) in [6.07, 6.45) is -0.570. The van der Waals surface area contributed by atoms with Crippen molar-refractivity contribution in [3.05, 3.63) is 77.0 Å². The largest absolute Gasteiger partial charge is 0.417 e. The highest BCUT2D eigenvalue weighted by Crippen LogP contribution is 2.37. The molecule has 3 aromatic heterocycles. The molecule has 7 nitrogen and oxygen atoms in total. The monoisotopic (exact) mass is 464 g/mol. The summed E-state index contributed by atoms with van der Waals surface area (Å²) in [5.41, 5.74) is 1.48. The van der Waals surface area contributed by atoms with E-state index >= 15 is 0 Å². The molecule has 2 N–H and O–H groups in total. The number of Topliss-reactive ketones (excluding diaryl/α,β-unsaturated/α-hetero) is 1. The molecule has 0 spiro atoms. The number of anilines is 1. The fraction of sp³-hybridized carbons (Fsp3) is 0.208. The number of hydrogen-bond acceptors (Lipinski definition) is 5. The molecular weight excluding hydrogens is 445 g/mol. The molecule has 0 aliphatic rings. The molecule has 0 fully saturated rings. The zero-order valence-electron chi connectivity index (χ0n) is 18.2. The van der Waals surface area contributed by atoms with Gasteiger partial charge in [0.2, 0.25) is 11.6 Å². The quantitative estimate of drug-likeness (QED) is 0.256. The van der Waals surface area contributed by atoms with Crippen LogP contribution in [0.15, 0.2) is 48.9 Å². The summed E-state index contributed by atoms with van der Waals surface area (Å²) in [5, 5.41) is 3.34. The smallest absolute Gasteiger partial charge is 0.348 e. The molecular formula is C24H19F3N6O. The molecule has 0 saturated carbocycles. The van der Waals surface area contributed by atoms with Gasteiger partial charge in [-0.2, -0.15) is 13.2 Å². The summed E-state index contributed by atoms with van der Waals surface area (Å²) >= 11 is 0. The number of aromatic amines is 1. The third kappa shape index (κ3) is 4.45. The fourth-order valence-electron chi connectivity index (χ4n) is 3.52. The van der Waals surface area contributed by atoms with Crippen molar-refractivity contribution in [3.8, 4) is 11.3 Å². The van der Waals surface area contributed by atoms with E-state index in [1.54, 1.807) is 19.1 Å². The number of carbonyl (C=O) groups excluding carboxylic acids is 1. The molecule has 1 aromatic carbocycles. The van der Waals surface area contributed by atoms with Gasteiger partial charge in [-0.05, 0) is 18.6 Å². The second kappa shape index (κ2) is 8.94. The van der Waals surface area contributed by atoms with E-state index in [1.165, 1.54) is 12.4 Å². The third-order valence-corrected chi connectivity index (χ3v) is 5.40. The van der Waals surface area contributed by atoms with Crippen LogP contribution in [0.1, 0.15) is 47.8 Å². The highest BCUT2D eigenvalue weighted by molar-refractivity contribution is 5.96. The van der Waals surface area contributed by atoms with Crippen molar-refractivity contribution in [2.75, 3.05) is 5.32 Å². The van der Waals surface area contributed by atoms with Crippen molar-refractivity contribution >= 4 is 28.5 Å². The van der Waals surface area contributed by atoms with E-state index in [-0.39, 0.29) is 40.2 Å². The molecule has 172 valence electrons. The zero-order valence-corrected chi connectivity index (χ0v) is 18.2. The summed E-state index contributed by atoms with van der Waals surface area (Å²) < 4.78 is 39.6. The molecule has 0 bridgehead atoms. The summed E-state index contributed by atoms with van der Waals surface area (Å²) in [6.45, 7) is 11.1. The Bertz CT molecular complexity index is 1400. The first-order chi connectivity index (χ1) is 16.2. The first-order valence-electron chi connectivity index (χ1n) is 10.4. The van der Waals surface area contributed by atoms with Crippen molar-refractivity contribution in [1.29, 1.82) is 0 Å². The van der Waals surface area contributed by atoms with Gasteiger partial charge in [-0.25, -0.2) is 19.8 Å². The van der Waals surface area contributed by atoms with Crippen LogP contribution in [-0.4, -0.2) is 25.7 Å². The Kier molecular flexibility index (Phi) is 6.03. The van der Waals surface area contributed by atoms with Gasteiger partial charge in [0.25, 0.3) is 0 Å². The maximum absolute atomic E-state index is 13.2. The van der Waals surface area contributed by atoms with Gasteiger partial charge in [-0.3, -0.25) is 4.79 Å². The Morgan fingerprint density at radius 1 is 1.21 bits per heavy atom. The Labute approximate surface area is 192 Å². The molecule has 34 heavy (non-hydrogen) atoms. The van der Waals surface area contributed by atoms with Crippen LogP contribution < -0.4 is 5.32 Å². The summed E-state index contributed by atoms with van der Waals surface area (Å²) in [6, 6.07) is 7.92. The summed E-state index contributed by atoms with van der Waals surface area (Å²) in [4.78, 5) is 30.6. The van der Waals surface area contributed by atoms with Gasteiger partial charge < -0.3 is 10.3 Å². The van der Waals surface area contributed by atoms with E-state index < -0.39 is 11.7 Å². The molecule has 0 aliphatic heterocycles. The van der Waals surface area contributed by atoms with Crippen LogP contribution >= 0.6 is 0 Å². The fourth-order valence-corrected chi connectivity index (χ4v) is 3.52. The third-order valence-electron chi connectivity index (χ3n) is 5.40. The molecule has 4 rings (SSSR count). The SMILES string of the molecule is [C-]#[N+]c1cnc(N[C@H](C)c2ccc(C(=O)CC)cc2)nc1-c1c[nH]c2ncc(C(F)(F)F)cc12. The van der Waals surface area contributed by atoms with Crippen LogP contribution in [0.4, 0.5) is 24.8 Å². The van der Waals surface area contributed by atoms with Gasteiger partial charge in [0.1, 0.15) is 5.65 Å². The highest BCUT2D eigenvalue weighted by Gasteiger charge is 2.31. The first-order valence-corrected chi connectivity index (χ1v) is 10.4. The normalized spacial score (nSPS) is 12.4. The lowest BCUT2D eigenvalue weighted by Crippen LogP contribution is -2.10. The number of pyridine rings is 1. The number of alkyl halides is 3. The Balaban J connectivity index is 1.68. The molecule has 0 unspecified atom stereocenters. The lowest BCUT2D eigenvalue weighted by Gasteiger charge is -2.15. The Morgan fingerprint density at radius 2 is 1.94 bits per heavy atom. The van der Waals surface area contributed by atoms with E-state index in [0.29, 0.717) is 17.5 Å². The van der Waals surface area contributed by atoms with Gasteiger partial charge in [0.05, 0.1) is 23.9 Å². The van der Waals surface area contributed by atoms with Crippen molar-refractivity contribution in [2.24, 2.45) is 0 Å². The number of carbonyl (C=O) groups is 1. The van der Waals surface area contributed by atoms with Gasteiger partial charge in [-0.15, -0.1) is 0 Å². The van der Waals surface area contributed by atoms with Gasteiger partial charge in [0.15, 0.2) is 5.78 Å². The minimum absolute atomic E-state index is 0.0526. The predicted octanol–water partition coefficient (Wildman–Crippen LogP) is 6.36. The highest BCUT2D eigenvalue weighted by atomic mass is 19.4. The molecule has 3 heterocycles. The van der Waals surface area contributed by atoms with E-state index in [1.807, 2.05) is 19.1 Å². The van der Waals surface area contributed by atoms with E-state index in [2.05, 4.69) is 30.1 Å². The predicted molar refractivity (Wildman–Crippen MR) is 121 cm³/mol. The lowest BCUT2D eigenvalue weighted by atomic mass is 10.0. The topological polar surface area (TPSA) is 87.9 Å². The average Bonchev–Trinajstić information content (AvgIpc) is 3.26. The molecule has 0 aliphatic carbocycles. The standard InChI is InChI=1S/C24H19F3N6O/c1-4-20(34)15-7-5-14(6-8-15)13(2)32-23-31-12-19(28-3)21(33-23)18-11-30-22-17(18)9-16(10-29-22)24(25,26)27/h5-13H,4H2,1-2H3,(H,29,30)(H,31,32,33)/t13-/m1/s1. The van der Waals surface area contributed by atoms with Gasteiger partial charge in [-0.1, -0.05) is 31.2 Å². The molecule has 10 heteroatoms. The van der Waals surface area contributed by atoms with Crippen LogP contribution in [0.25, 0.3) is 27.1 Å². The molecule has 0 amide bonds. The zero-order chi connectivity index (χ0) is 24.5. The molecule has 0 radical (unpaired) electrons. The average molecular weight is 464 g/mol. The first kappa shape index (κ1) is 22.9. The van der Waals surface area contributed by atoms with Crippen molar-refractivity contribution in [2.45, 2.75) is 32.5 Å². The van der Waals surface area contributed by atoms with E-state index in [0.717, 1.165) is 17.8 Å². The van der Waals surface area contributed by atoms with Crippen LogP contribution in [0.3, 0.4) is 0 Å². The summed E-state index contributed by atoms with van der Waals surface area (Å²) in [5.74, 6) is 0.259. The van der Waals surface area contributed by atoms with Crippen LogP contribution in [0.5, 0.6) is 0 Å². The molecule has 4 aromatic rings. The van der Waals surface area contributed by atoms with Crippen molar-refractivity contribution < 1.29 is 18.0 Å². The number of halogens is 3. The van der Waals surface area contributed by atoms with Crippen molar-refractivity contribution in [1.82, 2.24) is 19.9 Å². The number of benzene rings is 1. The number of aromatic nitrogens is 4. The number of ketones is 1. The number of nitrogens with zero attached hydrogens (tertiary/aromatic N) is 4. The van der Waals surface area contributed by atoms with Gasteiger partial charge >= 0.3 is 6.18 Å². The van der Waals surface area contributed by atoms with Crippen molar-refractivity contribution in [3.63, 3.8) is 0 Å². The second-order valence-electron chi connectivity index (χ2n) is 7.62. The molecule has 0 saturated heterocycles.